The van der Waals surface area contributed by atoms with Crippen molar-refractivity contribution in [2.45, 2.75) is 66.3 Å². The van der Waals surface area contributed by atoms with E-state index in [1.807, 2.05) is 18.7 Å². The zero-order valence-electron chi connectivity index (χ0n) is 18.5. The lowest BCUT2D eigenvalue weighted by atomic mass is 9.87. The molecular weight excluding hydrogens is 358 g/mol. The largest absolute Gasteiger partial charge is 0.383 e. The van der Waals surface area contributed by atoms with Gasteiger partial charge in [0, 0.05) is 39.6 Å². The van der Waals surface area contributed by atoms with Crippen LogP contribution in [-0.4, -0.2) is 62.0 Å². The Balaban J connectivity index is 2.70. The predicted octanol–water partition coefficient (Wildman–Crippen LogP) is 1.95. The topological polar surface area (TPSA) is 87.7 Å². The maximum absolute atomic E-state index is 12.7. The van der Waals surface area contributed by atoms with Crippen LogP contribution >= 0.6 is 0 Å². The van der Waals surface area contributed by atoms with Gasteiger partial charge in [-0.1, -0.05) is 34.6 Å². The van der Waals surface area contributed by atoms with Gasteiger partial charge >= 0.3 is 0 Å². The minimum absolute atomic E-state index is 0.0253. The summed E-state index contributed by atoms with van der Waals surface area (Å²) in [6.45, 7) is 12.2. The van der Waals surface area contributed by atoms with Crippen molar-refractivity contribution in [3.8, 4) is 0 Å². The van der Waals surface area contributed by atoms with E-state index in [0.29, 0.717) is 51.9 Å². The van der Waals surface area contributed by atoms with Crippen molar-refractivity contribution < 1.29 is 19.1 Å². The third kappa shape index (κ3) is 9.04. The molecule has 1 aliphatic rings. The molecular formula is C21H39N3O4. The highest BCUT2D eigenvalue weighted by Gasteiger charge is 2.34. The molecule has 3 amide bonds. The second-order valence-corrected chi connectivity index (χ2v) is 9.38. The average molecular weight is 398 g/mol. The molecule has 1 atom stereocenters. The van der Waals surface area contributed by atoms with Gasteiger partial charge in [0.15, 0.2) is 0 Å². The molecule has 0 radical (unpaired) electrons. The lowest BCUT2D eigenvalue weighted by Crippen LogP contribution is -2.54. The van der Waals surface area contributed by atoms with Crippen LogP contribution in [0.2, 0.25) is 0 Å². The quantitative estimate of drug-likeness (QED) is 0.582. The Bertz CT molecular complexity index is 520. The molecule has 0 aromatic heterocycles. The summed E-state index contributed by atoms with van der Waals surface area (Å²) < 4.78 is 4.99. The summed E-state index contributed by atoms with van der Waals surface area (Å²) in [5, 5.41) is 5.78. The molecule has 0 aliphatic carbocycles. The van der Waals surface area contributed by atoms with Crippen LogP contribution in [0.1, 0.15) is 60.3 Å². The second-order valence-electron chi connectivity index (χ2n) is 9.38. The first-order chi connectivity index (χ1) is 13.0. The molecule has 7 heteroatoms. The van der Waals surface area contributed by atoms with Crippen LogP contribution in [0.25, 0.3) is 0 Å². The van der Waals surface area contributed by atoms with Gasteiger partial charge in [-0.2, -0.15) is 0 Å². The SMILES string of the molecule is COCCNC(=O)[C@H](NC(=O)CC(C)C)C1CCN(C(=O)CC(C)(C)C)CC1. The number of methoxy groups -OCH3 is 1. The Morgan fingerprint density at radius 2 is 1.75 bits per heavy atom. The van der Waals surface area contributed by atoms with E-state index in [1.165, 1.54) is 0 Å². The molecule has 162 valence electrons. The molecule has 0 spiro atoms. The normalized spacial score (nSPS) is 16.8. The van der Waals surface area contributed by atoms with Crippen molar-refractivity contribution in [2.75, 3.05) is 33.4 Å². The highest BCUT2D eigenvalue weighted by molar-refractivity contribution is 5.88. The Morgan fingerprint density at radius 1 is 1.14 bits per heavy atom. The Labute approximate surface area is 169 Å². The summed E-state index contributed by atoms with van der Waals surface area (Å²) in [5.74, 6) is 0.143. The number of hydrogen-bond acceptors (Lipinski definition) is 4. The van der Waals surface area contributed by atoms with Gasteiger partial charge in [-0.3, -0.25) is 14.4 Å². The summed E-state index contributed by atoms with van der Waals surface area (Å²) in [7, 11) is 1.58. The monoisotopic (exact) mass is 397 g/mol. The van der Waals surface area contributed by atoms with Crippen molar-refractivity contribution >= 4 is 17.7 Å². The molecule has 1 aliphatic heterocycles. The summed E-state index contributed by atoms with van der Waals surface area (Å²) >= 11 is 0. The van der Waals surface area contributed by atoms with Gasteiger partial charge in [0.25, 0.3) is 0 Å². The molecule has 1 rings (SSSR count). The Morgan fingerprint density at radius 3 is 2.25 bits per heavy atom. The smallest absolute Gasteiger partial charge is 0.242 e. The van der Waals surface area contributed by atoms with Gasteiger partial charge in [0.1, 0.15) is 6.04 Å². The maximum atomic E-state index is 12.7. The van der Waals surface area contributed by atoms with Crippen LogP contribution in [-0.2, 0) is 19.1 Å². The van der Waals surface area contributed by atoms with Gasteiger partial charge in [-0.25, -0.2) is 0 Å². The summed E-state index contributed by atoms with van der Waals surface area (Å²) in [6, 6.07) is -0.567. The third-order valence-corrected chi connectivity index (χ3v) is 4.84. The van der Waals surface area contributed by atoms with Crippen LogP contribution in [0.15, 0.2) is 0 Å². The number of nitrogens with zero attached hydrogens (tertiary/aromatic N) is 1. The molecule has 28 heavy (non-hydrogen) atoms. The highest BCUT2D eigenvalue weighted by Crippen LogP contribution is 2.25. The van der Waals surface area contributed by atoms with Crippen molar-refractivity contribution in [1.29, 1.82) is 0 Å². The third-order valence-electron chi connectivity index (χ3n) is 4.84. The Kier molecular flexibility index (Phi) is 9.93. The molecule has 1 heterocycles. The highest BCUT2D eigenvalue weighted by atomic mass is 16.5. The van der Waals surface area contributed by atoms with Crippen LogP contribution < -0.4 is 10.6 Å². The molecule has 7 nitrogen and oxygen atoms in total. The van der Waals surface area contributed by atoms with Crippen molar-refractivity contribution in [2.24, 2.45) is 17.3 Å². The Hall–Kier alpha value is -1.63. The van der Waals surface area contributed by atoms with E-state index >= 15 is 0 Å². The number of carbonyl (C=O) groups is 3. The predicted molar refractivity (Wildman–Crippen MR) is 110 cm³/mol. The first kappa shape index (κ1) is 24.4. The minimum Gasteiger partial charge on any atom is -0.383 e. The molecule has 1 saturated heterocycles. The fourth-order valence-corrected chi connectivity index (χ4v) is 3.43. The average Bonchev–Trinajstić information content (AvgIpc) is 2.58. The minimum atomic E-state index is -0.567. The van der Waals surface area contributed by atoms with Crippen LogP contribution in [0, 0.1) is 17.3 Å². The number of piperidine rings is 1. The van der Waals surface area contributed by atoms with Gasteiger partial charge in [-0.05, 0) is 30.1 Å². The van der Waals surface area contributed by atoms with Crippen molar-refractivity contribution in [1.82, 2.24) is 15.5 Å². The van der Waals surface area contributed by atoms with Gasteiger partial charge in [0.2, 0.25) is 17.7 Å². The van der Waals surface area contributed by atoms with E-state index in [-0.39, 0.29) is 35.0 Å². The number of amides is 3. The van der Waals surface area contributed by atoms with Gasteiger partial charge in [0.05, 0.1) is 6.61 Å². The van der Waals surface area contributed by atoms with E-state index in [9.17, 15) is 14.4 Å². The van der Waals surface area contributed by atoms with Gasteiger partial charge < -0.3 is 20.3 Å². The molecule has 0 saturated carbocycles. The first-order valence-corrected chi connectivity index (χ1v) is 10.4. The standard InChI is InChI=1S/C21H39N3O4/c1-15(2)13-17(25)23-19(20(27)22-9-12-28-6)16-7-10-24(11-8-16)18(26)14-21(3,4)5/h15-16,19H,7-14H2,1-6H3,(H,22,27)(H,23,25)/t19-/m1/s1. The zero-order valence-corrected chi connectivity index (χ0v) is 18.5. The molecule has 0 unspecified atom stereocenters. The zero-order chi connectivity index (χ0) is 21.3. The van der Waals surface area contributed by atoms with Crippen LogP contribution in [0.5, 0.6) is 0 Å². The first-order valence-electron chi connectivity index (χ1n) is 10.4. The molecule has 0 aromatic carbocycles. The fourth-order valence-electron chi connectivity index (χ4n) is 3.43. The molecule has 1 fully saturated rings. The number of rotatable bonds is 9. The lowest BCUT2D eigenvalue weighted by Gasteiger charge is -2.36. The number of ether oxygens (including phenoxy) is 1. The van der Waals surface area contributed by atoms with Crippen molar-refractivity contribution in [3.63, 3.8) is 0 Å². The number of nitrogens with one attached hydrogen (secondary N) is 2. The lowest BCUT2D eigenvalue weighted by molar-refractivity contribution is -0.136. The fraction of sp³-hybridized carbons (Fsp3) is 0.857. The second kappa shape index (κ2) is 11.4. The number of likely N-dealkylation sites (tertiary alicyclic amines) is 1. The maximum Gasteiger partial charge on any atom is 0.242 e. The summed E-state index contributed by atoms with van der Waals surface area (Å²) in [4.78, 5) is 39.3. The summed E-state index contributed by atoms with van der Waals surface area (Å²) in [6.07, 6.45) is 2.33. The van der Waals surface area contributed by atoms with E-state index < -0.39 is 6.04 Å². The number of hydrogen-bond donors (Lipinski definition) is 2. The van der Waals surface area contributed by atoms with E-state index in [4.69, 9.17) is 4.74 Å². The summed E-state index contributed by atoms with van der Waals surface area (Å²) in [5.41, 5.74) is -0.0392. The molecule has 0 bridgehead atoms. The molecule has 0 aromatic rings. The van der Waals surface area contributed by atoms with Crippen LogP contribution in [0.4, 0.5) is 0 Å². The van der Waals surface area contributed by atoms with E-state index in [1.54, 1.807) is 7.11 Å². The van der Waals surface area contributed by atoms with Gasteiger partial charge in [-0.15, -0.1) is 0 Å². The number of carbonyl (C=O) groups excluding carboxylic acids is 3. The molecule has 2 N–H and O–H groups in total. The van der Waals surface area contributed by atoms with Crippen LogP contribution in [0.3, 0.4) is 0 Å². The van der Waals surface area contributed by atoms with Crippen molar-refractivity contribution in [3.05, 3.63) is 0 Å². The van der Waals surface area contributed by atoms with E-state index in [0.717, 1.165) is 0 Å². The van der Waals surface area contributed by atoms with E-state index in [2.05, 4.69) is 31.4 Å².